The normalized spacial score (nSPS) is 11.9. The molecule has 0 saturated heterocycles. The fraction of sp³-hybridized carbons (Fsp3) is 0.348. The summed E-state index contributed by atoms with van der Waals surface area (Å²) in [4.78, 5) is 54.9. The van der Waals surface area contributed by atoms with Crippen LogP contribution < -0.4 is 16.2 Å². The number of ether oxygens (including phenoxy) is 1. The minimum absolute atomic E-state index is 0.190. The molecule has 2 aromatic heterocycles. The average Bonchev–Trinajstić information content (AvgIpc) is 3.08. The molecule has 1 aromatic carbocycles. The van der Waals surface area contributed by atoms with E-state index in [0.717, 1.165) is 11.3 Å². The molecular formula is C23H26N4O5S. The van der Waals surface area contributed by atoms with Crippen molar-refractivity contribution in [1.29, 1.82) is 0 Å². The number of fused-ring (bicyclic) bond motifs is 1. The van der Waals surface area contributed by atoms with Gasteiger partial charge < -0.3 is 15.4 Å². The third-order valence-electron chi connectivity index (χ3n) is 4.90. The van der Waals surface area contributed by atoms with Crippen molar-refractivity contribution in [1.82, 2.24) is 9.55 Å². The third-order valence-corrected chi connectivity index (χ3v) is 6.08. The number of carbonyl (C=O) groups is 3. The summed E-state index contributed by atoms with van der Waals surface area (Å²) in [7, 11) is 0. The van der Waals surface area contributed by atoms with E-state index in [0.29, 0.717) is 38.5 Å². The first kappa shape index (κ1) is 24.1. The van der Waals surface area contributed by atoms with E-state index in [2.05, 4.69) is 15.6 Å². The predicted molar refractivity (Wildman–Crippen MR) is 128 cm³/mol. The Balaban J connectivity index is 1.90. The summed E-state index contributed by atoms with van der Waals surface area (Å²) < 4.78 is 6.56. The molecule has 0 aliphatic carbocycles. The number of benzene rings is 1. The van der Waals surface area contributed by atoms with Gasteiger partial charge in [0.05, 0.1) is 17.8 Å². The summed E-state index contributed by atoms with van der Waals surface area (Å²) in [5.41, 5.74) is 1.25. The molecule has 2 heterocycles. The van der Waals surface area contributed by atoms with Gasteiger partial charge in [0, 0.05) is 18.3 Å². The molecule has 1 atom stereocenters. The first-order chi connectivity index (χ1) is 15.6. The van der Waals surface area contributed by atoms with Crippen LogP contribution in [0.25, 0.3) is 10.2 Å². The van der Waals surface area contributed by atoms with Gasteiger partial charge in [-0.05, 0) is 57.0 Å². The van der Waals surface area contributed by atoms with E-state index in [1.807, 2.05) is 0 Å². The maximum Gasteiger partial charge on any atom is 0.348 e. The van der Waals surface area contributed by atoms with E-state index in [9.17, 15) is 19.2 Å². The molecule has 0 spiro atoms. The van der Waals surface area contributed by atoms with Crippen molar-refractivity contribution >= 4 is 50.7 Å². The zero-order valence-corrected chi connectivity index (χ0v) is 19.9. The van der Waals surface area contributed by atoms with Gasteiger partial charge >= 0.3 is 5.97 Å². The number of aromatic nitrogens is 2. The number of anilines is 2. The lowest BCUT2D eigenvalue weighted by atomic mass is 10.1. The smallest absolute Gasteiger partial charge is 0.348 e. The zero-order chi connectivity index (χ0) is 24.3. The van der Waals surface area contributed by atoms with E-state index in [-0.39, 0.29) is 23.5 Å². The Morgan fingerprint density at radius 2 is 1.73 bits per heavy atom. The number of thiophene rings is 1. The number of carbonyl (C=O) groups excluding carboxylic acids is 3. The molecule has 0 aliphatic heterocycles. The van der Waals surface area contributed by atoms with Crippen LogP contribution in [-0.4, -0.2) is 33.4 Å². The molecule has 3 rings (SSSR count). The van der Waals surface area contributed by atoms with Gasteiger partial charge in [0.25, 0.3) is 5.56 Å². The van der Waals surface area contributed by atoms with Crippen LogP contribution in [0.15, 0.2) is 35.4 Å². The second-order valence-electron chi connectivity index (χ2n) is 7.82. The van der Waals surface area contributed by atoms with Crippen molar-refractivity contribution in [2.24, 2.45) is 0 Å². The van der Waals surface area contributed by atoms with E-state index < -0.39 is 12.0 Å². The van der Waals surface area contributed by atoms with Crippen molar-refractivity contribution in [3.8, 4) is 0 Å². The number of nitrogens with zero attached hydrogens (tertiary/aromatic N) is 2. The lowest BCUT2D eigenvalue weighted by molar-refractivity contribution is -0.119. The van der Waals surface area contributed by atoms with E-state index in [1.165, 1.54) is 17.8 Å². The number of nitrogens with one attached hydrogen (secondary N) is 2. The number of amides is 2. The Bertz CT molecular complexity index is 1260. The molecule has 2 amide bonds. The number of esters is 1. The summed E-state index contributed by atoms with van der Waals surface area (Å²) in [5, 5.41) is 5.76. The Kier molecular flexibility index (Phi) is 7.27. The van der Waals surface area contributed by atoms with E-state index in [1.54, 1.807) is 52.0 Å². The molecule has 33 heavy (non-hydrogen) atoms. The summed E-state index contributed by atoms with van der Waals surface area (Å²) in [6.45, 7) is 8.40. The molecule has 10 heteroatoms. The Morgan fingerprint density at radius 1 is 1.12 bits per heavy atom. The Hall–Kier alpha value is -3.53. The van der Waals surface area contributed by atoms with Gasteiger partial charge in [0.1, 0.15) is 15.7 Å². The second kappa shape index (κ2) is 9.95. The number of rotatable bonds is 7. The third kappa shape index (κ3) is 5.28. The summed E-state index contributed by atoms with van der Waals surface area (Å²) in [6.07, 6.45) is 1.41. The molecule has 0 aliphatic rings. The van der Waals surface area contributed by atoms with Crippen LogP contribution in [0.2, 0.25) is 0 Å². The van der Waals surface area contributed by atoms with E-state index in [4.69, 9.17) is 4.74 Å². The maximum atomic E-state index is 13.3. The summed E-state index contributed by atoms with van der Waals surface area (Å²) in [5.74, 6) is -1.06. The lowest BCUT2D eigenvalue weighted by Gasteiger charge is -2.18. The molecule has 9 nitrogen and oxygen atoms in total. The van der Waals surface area contributed by atoms with Gasteiger partial charge in [0.2, 0.25) is 11.8 Å². The van der Waals surface area contributed by atoms with Gasteiger partial charge in [0.15, 0.2) is 0 Å². The molecule has 174 valence electrons. The van der Waals surface area contributed by atoms with Gasteiger partial charge in [-0.2, -0.15) is 0 Å². The van der Waals surface area contributed by atoms with Crippen molar-refractivity contribution in [3.63, 3.8) is 0 Å². The summed E-state index contributed by atoms with van der Waals surface area (Å²) in [6, 6.07) is 5.87. The topological polar surface area (TPSA) is 119 Å². The fourth-order valence-electron chi connectivity index (χ4n) is 3.40. The van der Waals surface area contributed by atoms with Gasteiger partial charge in [-0.1, -0.05) is 6.92 Å². The van der Waals surface area contributed by atoms with Crippen LogP contribution in [0, 0.1) is 6.92 Å². The zero-order valence-electron chi connectivity index (χ0n) is 19.1. The van der Waals surface area contributed by atoms with E-state index >= 15 is 0 Å². The predicted octanol–water partition coefficient (Wildman–Crippen LogP) is 3.88. The monoisotopic (exact) mass is 470 g/mol. The van der Waals surface area contributed by atoms with Gasteiger partial charge in [-0.15, -0.1) is 11.3 Å². The van der Waals surface area contributed by atoms with Crippen molar-refractivity contribution < 1.29 is 19.1 Å². The molecule has 0 fully saturated rings. The highest BCUT2D eigenvalue weighted by Crippen LogP contribution is 2.28. The van der Waals surface area contributed by atoms with Crippen LogP contribution in [0.3, 0.4) is 0 Å². The molecule has 1 unspecified atom stereocenters. The van der Waals surface area contributed by atoms with Crippen LogP contribution >= 0.6 is 11.3 Å². The number of hydrogen-bond acceptors (Lipinski definition) is 7. The standard InChI is InChI=1S/C23H26N4O5S/c1-6-17(20(29)26-16-9-7-15(8-10-16)25-14(5)28)27-11-24-21-18(22(27)30)13(4)19(33-21)23(31)32-12(2)3/h7-12,17H,6H2,1-5H3,(H,25,28)(H,26,29). The molecule has 0 radical (unpaired) electrons. The first-order valence-corrected chi connectivity index (χ1v) is 11.3. The van der Waals surface area contributed by atoms with Crippen LogP contribution in [0.5, 0.6) is 0 Å². The minimum Gasteiger partial charge on any atom is -0.459 e. The molecule has 3 aromatic rings. The fourth-order valence-corrected chi connectivity index (χ4v) is 4.42. The largest absolute Gasteiger partial charge is 0.459 e. The van der Waals surface area contributed by atoms with Crippen molar-refractivity contribution in [2.45, 2.75) is 53.2 Å². The van der Waals surface area contributed by atoms with Crippen LogP contribution in [0.1, 0.15) is 55.4 Å². The highest BCUT2D eigenvalue weighted by Gasteiger charge is 2.25. The second-order valence-corrected chi connectivity index (χ2v) is 8.82. The van der Waals surface area contributed by atoms with Crippen LogP contribution in [-0.2, 0) is 14.3 Å². The number of aryl methyl sites for hydroxylation is 1. The van der Waals surface area contributed by atoms with Crippen molar-refractivity contribution in [2.75, 3.05) is 10.6 Å². The maximum absolute atomic E-state index is 13.3. The summed E-state index contributed by atoms with van der Waals surface area (Å²) >= 11 is 1.10. The Labute approximate surface area is 194 Å². The number of hydrogen-bond donors (Lipinski definition) is 2. The van der Waals surface area contributed by atoms with Crippen LogP contribution in [0.4, 0.5) is 11.4 Å². The van der Waals surface area contributed by atoms with Gasteiger partial charge in [-0.3, -0.25) is 19.0 Å². The highest BCUT2D eigenvalue weighted by atomic mass is 32.1. The lowest BCUT2D eigenvalue weighted by Crippen LogP contribution is -2.33. The molecule has 2 N–H and O–H groups in total. The molecule has 0 saturated carbocycles. The molecule has 0 bridgehead atoms. The SMILES string of the molecule is CCC(C(=O)Nc1ccc(NC(C)=O)cc1)n1cnc2sc(C(=O)OC(C)C)c(C)c2c1=O. The minimum atomic E-state index is -0.796. The Morgan fingerprint density at radius 3 is 2.27 bits per heavy atom. The first-order valence-electron chi connectivity index (χ1n) is 10.5. The van der Waals surface area contributed by atoms with Gasteiger partial charge in [-0.25, -0.2) is 9.78 Å². The van der Waals surface area contributed by atoms with Crippen molar-refractivity contribution in [3.05, 3.63) is 51.4 Å². The average molecular weight is 471 g/mol. The highest BCUT2D eigenvalue weighted by molar-refractivity contribution is 7.20. The molecular weight excluding hydrogens is 444 g/mol. The quantitative estimate of drug-likeness (QED) is 0.506.